The number of aromatic amines is 1. The van der Waals surface area contributed by atoms with Crippen LogP contribution < -0.4 is 5.32 Å². The summed E-state index contributed by atoms with van der Waals surface area (Å²) in [6.07, 6.45) is 4.18. The highest BCUT2D eigenvalue weighted by atomic mass is 16.2. The average molecular weight is 249 g/mol. The van der Waals surface area contributed by atoms with Crippen LogP contribution >= 0.6 is 0 Å². The minimum absolute atomic E-state index is 0.217. The molecule has 1 atom stereocenters. The number of carbonyl (C=O) groups is 2. The van der Waals surface area contributed by atoms with Gasteiger partial charge in [0.1, 0.15) is 0 Å². The van der Waals surface area contributed by atoms with Gasteiger partial charge in [0.25, 0.3) is 5.91 Å². The van der Waals surface area contributed by atoms with Crippen LogP contribution in [0.3, 0.4) is 0 Å². The zero-order valence-corrected chi connectivity index (χ0v) is 9.93. The molecule has 7 nitrogen and oxygen atoms in total. The van der Waals surface area contributed by atoms with E-state index in [1.54, 1.807) is 0 Å². The topological polar surface area (TPSA) is 91.0 Å². The van der Waals surface area contributed by atoms with Crippen molar-refractivity contribution in [2.24, 2.45) is 5.92 Å². The van der Waals surface area contributed by atoms with Crippen LogP contribution in [0.4, 0.5) is 0 Å². The summed E-state index contributed by atoms with van der Waals surface area (Å²) in [5.74, 6) is 0.188. The van der Waals surface area contributed by atoms with E-state index in [4.69, 9.17) is 0 Å². The molecule has 1 saturated carbocycles. The van der Waals surface area contributed by atoms with Gasteiger partial charge in [0.2, 0.25) is 5.91 Å². The van der Waals surface area contributed by atoms with Gasteiger partial charge in [-0.15, -0.1) is 0 Å². The SMILES string of the molecule is O=C(NCC1CC(=O)N(C2CC2)C1)c1cn[nH]n1. The molecule has 1 saturated heterocycles. The molecule has 2 aliphatic rings. The smallest absolute Gasteiger partial charge is 0.273 e. The van der Waals surface area contributed by atoms with E-state index >= 15 is 0 Å². The molecule has 0 bridgehead atoms. The largest absolute Gasteiger partial charge is 0.350 e. The van der Waals surface area contributed by atoms with Gasteiger partial charge in [-0.1, -0.05) is 0 Å². The van der Waals surface area contributed by atoms with E-state index < -0.39 is 0 Å². The van der Waals surface area contributed by atoms with Crippen LogP contribution in [0.1, 0.15) is 29.8 Å². The van der Waals surface area contributed by atoms with Crippen molar-refractivity contribution >= 4 is 11.8 Å². The lowest BCUT2D eigenvalue weighted by Crippen LogP contribution is -2.32. The number of rotatable bonds is 4. The Bertz CT molecular complexity index is 454. The van der Waals surface area contributed by atoms with Gasteiger partial charge in [0.05, 0.1) is 6.20 Å². The highest BCUT2D eigenvalue weighted by molar-refractivity contribution is 5.91. The van der Waals surface area contributed by atoms with Gasteiger partial charge < -0.3 is 10.2 Å². The highest BCUT2D eigenvalue weighted by Gasteiger charge is 2.39. The first-order chi connectivity index (χ1) is 8.74. The molecule has 7 heteroatoms. The molecule has 1 aromatic rings. The van der Waals surface area contributed by atoms with Gasteiger partial charge >= 0.3 is 0 Å². The van der Waals surface area contributed by atoms with Crippen molar-refractivity contribution in [3.8, 4) is 0 Å². The van der Waals surface area contributed by atoms with E-state index in [1.807, 2.05) is 4.90 Å². The fourth-order valence-electron chi connectivity index (χ4n) is 2.32. The van der Waals surface area contributed by atoms with E-state index in [-0.39, 0.29) is 23.4 Å². The van der Waals surface area contributed by atoms with Crippen molar-refractivity contribution in [2.45, 2.75) is 25.3 Å². The normalized spacial score (nSPS) is 23.4. The maximum absolute atomic E-state index is 11.7. The lowest BCUT2D eigenvalue weighted by atomic mass is 10.1. The monoisotopic (exact) mass is 249 g/mol. The molecule has 0 spiro atoms. The van der Waals surface area contributed by atoms with Crippen molar-refractivity contribution < 1.29 is 9.59 Å². The minimum Gasteiger partial charge on any atom is -0.350 e. The van der Waals surface area contributed by atoms with Crippen molar-refractivity contribution in [3.05, 3.63) is 11.9 Å². The fraction of sp³-hybridized carbons (Fsp3) is 0.636. The summed E-state index contributed by atoms with van der Waals surface area (Å²) in [5, 5.41) is 12.5. The molecule has 18 heavy (non-hydrogen) atoms. The van der Waals surface area contributed by atoms with Gasteiger partial charge in [0, 0.05) is 31.5 Å². The molecule has 2 heterocycles. The molecule has 2 N–H and O–H groups in total. The maximum atomic E-state index is 11.7. The van der Waals surface area contributed by atoms with E-state index in [9.17, 15) is 9.59 Å². The molecule has 3 rings (SSSR count). The molecule has 1 unspecified atom stereocenters. The Morgan fingerprint density at radius 3 is 3.06 bits per heavy atom. The molecule has 96 valence electrons. The van der Waals surface area contributed by atoms with Crippen LogP contribution in [0.5, 0.6) is 0 Å². The Hall–Kier alpha value is -1.92. The first-order valence-corrected chi connectivity index (χ1v) is 6.17. The summed E-state index contributed by atoms with van der Waals surface area (Å²) in [6, 6.07) is 0.466. The average Bonchev–Trinajstić information content (AvgIpc) is 2.91. The number of H-pyrrole nitrogens is 1. The van der Waals surface area contributed by atoms with Crippen molar-refractivity contribution in [1.29, 1.82) is 0 Å². The molecule has 1 aliphatic carbocycles. The van der Waals surface area contributed by atoms with Crippen LogP contribution in [0.2, 0.25) is 0 Å². The number of nitrogens with one attached hydrogen (secondary N) is 2. The van der Waals surface area contributed by atoms with Crippen LogP contribution in [0.25, 0.3) is 0 Å². The summed E-state index contributed by atoms with van der Waals surface area (Å²) in [6.45, 7) is 1.28. The third-order valence-electron chi connectivity index (χ3n) is 3.43. The highest BCUT2D eigenvalue weighted by Crippen LogP contribution is 2.32. The summed E-state index contributed by atoms with van der Waals surface area (Å²) in [4.78, 5) is 25.3. The zero-order chi connectivity index (χ0) is 12.5. The Balaban J connectivity index is 1.49. The molecule has 0 radical (unpaired) electrons. The van der Waals surface area contributed by atoms with Gasteiger partial charge in [0.15, 0.2) is 5.69 Å². The third-order valence-corrected chi connectivity index (χ3v) is 3.43. The number of carbonyl (C=O) groups excluding carboxylic acids is 2. The first kappa shape index (κ1) is 11.2. The zero-order valence-electron chi connectivity index (χ0n) is 9.93. The first-order valence-electron chi connectivity index (χ1n) is 6.17. The molecular weight excluding hydrogens is 234 g/mol. The lowest BCUT2D eigenvalue weighted by Gasteiger charge is -2.15. The summed E-state index contributed by atoms with van der Waals surface area (Å²) < 4.78 is 0. The quantitative estimate of drug-likeness (QED) is 0.755. The number of aromatic nitrogens is 3. The van der Waals surface area contributed by atoms with Crippen molar-refractivity contribution in [1.82, 2.24) is 25.6 Å². The number of likely N-dealkylation sites (tertiary alicyclic amines) is 1. The third kappa shape index (κ3) is 2.20. The molecular formula is C11H15N5O2. The van der Waals surface area contributed by atoms with Crippen molar-refractivity contribution in [2.75, 3.05) is 13.1 Å². The van der Waals surface area contributed by atoms with E-state index in [1.165, 1.54) is 6.20 Å². The van der Waals surface area contributed by atoms with Gasteiger partial charge in [-0.25, -0.2) is 0 Å². The maximum Gasteiger partial charge on any atom is 0.273 e. The summed E-state index contributed by atoms with van der Waals surface area (Å²) in [7, 11) is 0. The van der Waals surface area contributed by atoms with Crippen LogP contribution in [-0.2, 0) is 4.79 Å². The number of amides is 2. The van der Waals surface area contributed by atoms with Gasteiger partial charge in [-0.05, 0) is 12.8 Å². The fourth-order valence-corrected chi connectivity index (χ4v) is 2.32. The van der Waals surface area contributed by atoms with Crippen LogP contribution in [0, 0.1) is 5.92 Å². The lowest BCUT2D eigenvalue weighted by molar-refractivity contribution is -0.128. The molecule has 2 amide bonds. The minimum atomic E-state index is -0.249. The molecule has 1 aromatic heterocycles. The second-order valence-electron chi connectivity index (χ2n) is 4.91. The second-order valence-corrected chi connectivity index (χ2v) is 4.91. The number of hydrogen-bond donors (Lipinski definition) is 2. The molecule has 0 aromatic carbocycles. The standard InChI is InChI=1S/C11H15N5O2/c17-10-3-7(6-16(10)8-1-2-8)4-12-11(18)9-5-13-15-14-9/h5,7-8H,1-4,6H2,(H,12,18)(H,13,14,15). The Labute approximate surface area is 104 Å². The number of nitrogens with zero attached hydrogens (tertiary/aromatic N) is 3. The molecule has 1 aliphatic heterocycles. The predicted molar refractivity (Wildman–Crippen MR) is 61.6 cm³/mol. The second kappa shape index (κ2) is 4.40. The van der Waals surface area contributed by atoms with Crippen LogP contribution in [-0.4, -0.2) is 51.3 Å². The van der Waals surface area contributed by atoms with E-state index in [2.05, 4.69) is 20.7 Å². The van der Waals surface area contributed by atoms with Crippen molar-refractivity contribution in [3.63, 3.8) is 0 Å². The van der Waals surface area contributed by atoms with E-state index in [0.717, 1.165) is 19.4 Å². The molecule has 2 fully saturated rings. The summed E-state index contributed by atoms with van der Waals surface area (Å²) >= 11 is 0. The predicted octanol–water partition coefficient (Wildman–Crippen LogP) is -0.455. The summed E-state index contributed by atoms with van der Waals surface area (Å²) in [5.41, 5.74) is 0.276. The Morgan fingerprint density at radius 1 is 1.56 bits per heavy atom. The Kier molecular flexibility index (Phi) is 2.73. The Morgan fingerprint density at radius 2 is 2.39 bits per heavy atom. The number of hydrogen-bond acceptors (Lipinski definition) is 4. The van der Waals surface area contributed by atoms with Gasteiger partial charge in [-0.3, -0.25) is 9.59 Å². The van der Waals surface area contributed by atoms with Crippen LogP contribution in [0.15, 0.2) is 6.20 Å². The van der Waals surface area contributed by atoms with E-state index in [0.29, 0.717) is 19.0 Å². The van der Waals surface area contributed by atoms with Gasteiger partial charge in [-0.2, -0.15) is 15.4 Å².